The number of nitrogens with zero attached hydrogens (tertiary/aromatic N) is 2. The minimum atomic E-state index is -2.02. The number of halogens is 1. The number of H-pyrrole nitrogens is 1. The van der Waals surface area contributed by atoms with Crippen LogP contribution >= 0.6 is 11.8 Å². The number of pyridine rings is 1. The topological polar surface area (TPSA) is 50.8 Å². The molecular formula is C29H42FN3OSSi. The van der Waals surface area contributed by atoms with Gasteiger partial charge in [-0.15, -0.1) is 0 Å². The maximum atomic E-state index is 14.0. The Morgan fingerprint density at radius 2 is 1.61 bits per heavy atom. The molecule has 0 spiro atoms. The molecule has 0 aliphatic carbocycles. The molecule has 0 saturated heterocycles. The van der Waals surface area contributed by atoms with E-state index in [9.17, 15) is 4.39 Å². The van der Waals surface area contributed by atoms with Gasteiger partial charge < -0.3 is 9.41 Å². The van der Waals surface area contributed by atoms with Gasteiger partial charge in [0.2, 0.25) is 0 Å². The third kappa shape index (κ3) is 6.29. The summed E-state index contributed by atoms with van der Waals surface area (Å²) in [5.74, 6) is 0.216. The van der Waals surface area contributed by atoms with Crippen molar-refractivity contribution in [1.29, 1.82) is 0 Å². The van der Waals surface area contributed by atoms with Crippen LogP contribution in [0, 0.1) is 5.82 Å². The maximum Gasteiger partial charge on any atom is 0.192 e. The molecule has 3 rings (SSSR count). The van der Waals surface area contributed by atoms with Crippen LogP contribution in [0.5, 0.6) is 0 Å². The maximum absolute atomic E-state index is 14.0. The van der Waals surface area contributed by atoms with Crippen molar-refractivity contribution in [3.63, 3.8) is 0 Å². The van der Waals surface area contributed by atoms with Crippen LogP contribution in [-0.4, -0.2) is 23.3 Å². The second-order valence-electron chi connectivity index (χ2n) is 11.7. The van der Waals surface area contributed by atoms with E-state index in [0.29, 0.717) is 6.61 Å². The van der Waals surface area contributed by atoms with Crippen LogP contribution in [0.25, 0.3) is 11.1 Å². The van der Waals surface area contributed by atoms with Gasteiger partial charge in [-0.25, -0.2) is 9.37 Å². The van der Waals surface area contributed by atoms with Gasteiger partial charge in [0.1, 0.15) is 5.82 Å². The van der Waals surface area contributed by atoms with Gasteiger partial charge in [-0.05, 0) is 65.7 Å². The highest BCUT2D eigenvalue weighted by molar-refractivity contribution is 7.99. The number of thioether (sulfide) groups is 1. The number of hydrogen-bond donors (Lipinski definition) is 1. The summed E-state index contributed by atoms with van der Waals surface area (Å²) in [6.07, 6.45) is 3.62. The Labute approximate surface area is 222 Å². The van der Waals surface area contributed by atoms with Gasteiger partial charge in [-0.1, -0.05) is 72.4 Å². The zero-order valence-corrected chi connectivity index (χ0v) is 25.3. The molecule has 0 bridgehead atoms. The van der Waals surface area contributed by atoms with Gasteiger partial charge in [-0.3, -0.25) is 4.98 Å². The summed E-state index contributed by atoms with van der Waals surface area (Å²) in [6.45, 7) is 22.8. The number of imidazole rings is 1. The highest BCUT2D eigenvalue weighted by atomic mass is 32.2. The number of aromatic amines is 1. The van der Waals surface area contributed by atoms with Crippen LogP contribution < -0.4 is 0 Å². The van der Waals surface area contributed by atoms with Crippen molar-refractivity contribution in [3.8, 4) is 11.1 Å². The Morgan fingerprint density at radius 3 is 2.11 bits per heavy atom. The molecule has 2 heterocycles. The lowest BCUT2D eigenvalue weighted by Gasteiger charge is -2.37. The first-order chi connectivity index (χ1) is 16.7. The minimum Gasteiger partial charge on any atom is -0.412 e. The van der Waals surface area contributed by atoms with Crippen LogP contribution in [0.4, 0.5) is 4.39 Å². The van der Waals surface area contributed by atoms with E-state index in [1.54, 1.807) is 30.1 Å². The molecule has 7 heteroatoms. The van der Waals surface area contributed by atoms with E-state index in [-0.39, 0.29) is 27.9 Å². The zero-order valence-electron chi connectivity index (χ0n) is 23.5. The third-order valence-electron chi connectivity index (χ3n) is 7.18. The molecule has 0 aliphatic heterocycles. The number of hydrogen-bond acceptors (Lipinski definition) is 4. The van der Waals surface area contributed by atoms with Crippen LogP contribution in [-0.2, 0) is 11.0 Å². The SMILES string of the molecule is CC(C)c1nc(C(C)C)c(C(C)Sc2ncc[nH]2)c(-c2ccc(F)cc2)c1CO[Si](C)(C)C(C)(C)C. The molecule has 3 aromatic rings. The molecule has 1 atom stereocenters. The van der Waals surface area contributed by atoms with Gasteiger partial charge in [0.05, 0.1) is 6.61 Å². The minimum absolute atomic E-state index is 0.0777. The molecule has 0 fully saturated rings. The van der Waals surface area contributed by atoms with Crippen LogP contribution in [0.1, 0.15) is 95.0 Å². The second kappa shape index (κ2) is 11.2. The average molecular weight is 528 g/mol. The Balaban J connectivity index is 2.31. The molecule has 36 heavy (non-hydrogen) atoms. The molecule has 4 nitrogen and oxygen atoms in total. The van der Waals surface area contributed by atoms with E-state index in [2.05, 4.69) is 78.5 Å². The summed E-state index contributed by atoms with van der Waals surface area (Å²) in [4.78, 5) is 13.0. The number of nitrogens with one attached hydrogen (secondary N) is 1. The van der Waals surface area contributed by atoms with Crippen molar-refractivity contribution in [2.24, 2.45) is 0 Å². The molecule has 1 N–H and O–H groups in total. The highest BCUT2D eigenvalue weighted by Crippen LogP contribution is 2.46. The first-order valence-electron chi connectivity index (χ1n) is 12.9. The van der Waals surface area contributed by atoms with E-state index < -0.39 is 8.32 Å². The molecule has 1 aromatic carbocycles. The fourth-order valence-corrected chi connectivity index (χ4v) is 6.00. The third-order valence-corrected chi connectivity index (χ3v) is 12.7. The lowest BCUT2D eigenvalue weighted by Crippen LogP contribution is -2.40. The fraction of sp³-hybridized carbons (Fsp3) is 0.517. The van der Waals surface area contributed by atoms with Gasteiger partial charge in [0.25, 0.3) is 0 Å². The van der Waals surface area contributed by atoms with Crippen LogP contribution in [0.3, 0.4) is 0 Å². The average Bonchev–Trinajstić information content (AvgIpc) is 3.29. The van der Waals surface area contributed by atoms with Crippen molar-refractivity contribution in [3.05, 3.63) is 65.0 Å². The Morgan fingerprint density at radius 1 is 1.00 bits per heavy atom. The Hall–Kier alpha value is -1.96. The Bertz CT molecular complexity index is 1150. The van der Waals surface area contributed by atoms with Gasteiger partial charge in [0, 0.05) is 34.6 Å². The number of aromatic nitrogens is 3. The smallest absolute Gasteiger partial charge is 0.192 e. The van der Waals surface area contributed by atoms with E-state index in [4.69, 9.17) is 9.41 Å². The van der Waals surface area contributed by atoms with Gasteiger partial charge in [-0.2, -0.15) is 0 Å². The summed E-state index contributed by atoms with van der Waals surface area (Å²) < 4.78 is 20.8. The lowest BCUT2D eigenvalue weighted by atomic mass is 9.86. The summed E-state index contributed by atoms with van der Waals surface area (Å²) in [7, 11) is -2.02. The van der Waals surface area contributed by atoms with E-state index >= 15 is 0 Å². The van der Waals surface area contributed by atoms with Crippen molar-refractivity contribution in [2.75, 3.05) is 0 Å². The predicted octanol–water partition coefficient (Wildman–Crippen LogP) is 9.23. The second-order valence-corrected chi connectivity index (χ2v) is 17.8. The molecule has 0 amide bonds. The molecule has 196 valence electrons. The summed E-state index contributed by atoms with van der Waals surface area (Å²) in [6, 6.07) is 6.88. The normalized spacial score (nSPS) is 13.6. The first-order valence-corrected chi connectivity index (χ1v) is 16.6. The molecule has 0 radical (unpaired) electrons. The van der Waals surface area contributed by atoms with Crippen LogP contribution in [0.15, 0.2) is 41.8 Å². The number of benzene rings is 1. The summed E-state index contributed by atoms with van der Waals surface area (Å²) in [5, 5.41) is 1.04. The van der Waals surface area contributed by atoms with Crippen LogP contribution in [0.2, 0.25) is 18.1 Å². The molecule has 0 aliphatic rings. The van der Waals surface area contributed by atoms with Crippen molar-refractivity contribution in [1.82, 2.24) is 15.0 Å². The molecule has 1 unspecified atom stereocenters. The van der Waals surface area contributed by atoms with Crippen molar-refractivity contribution in [2.45, 2.75) is 102 Å². The number of rotatable bonds is 9. The van der Waals surface area contributed by atoms with E-state index in [1.807, 2.05) is 18.3 Å². The van der Waals surface area contributed by atoms with E-state index in [0.717, 1.165) is 33.2 Å². The highest BCUT2D eigenvalue weighted by Gasteiger charge is 2.38. The van der Waals surface area contributed by atoms with Gasteiger partial charge in [0.15, 0.2) is 13.5 Å². The monoisotopic (exact) mass is 527 g/mol. The van der Waals surface area contributed by atoms with Gasteiger partial charge >= 0.3 is 0 Å². The first kappa shape index (κ1) is 28.6. The molecular weight excluding hydrogens is 485 g/mol. The largest absolute Gasteiger partial charge is 0.412 e. The lowest BCUT2D eigenvalue weighted by molar-refractivity contribution is 0.274. The zero-order chi connectivity index (χ0) is 26.8. The molecule has 0 saturated carbocycles. The predicted molar refractivity (Wildman–Crippen MR) is 153 cm³/mol. The standard InChI is InChI=1S/C29H42FN3OSSi/c1-18(2)26-23(17-34-36(9,10)29(6,7)8)25(21-11-13-22(30)14-12-21)24(27(33-26)19(3)4)20(5)35-28-31-15-16-32-28/h11-16,18-20H,17H2,1-10H3,(H,31,32). The quantitative estimate of drug-likeness (QED) is 0.222. The fourth-order valence-electron chi connectivity index (χ4n) is 4.11. The Kier molecular flexibility index (Phi) is 8.89. The summed E-state index contributed by atoms with van der Waals surface area (Å²) >= 11 is 1.68. The van der Waals surface area contributed by atoms with Crippen molar-refractivity contribution >= 4 is 20.1 Å². The van der Waals surface area contributed by atoms with Crippen molar-refractivity contribution < 1.29 is 8.82 Å². The molecule has 2 aromatic heterocycles. The summed E-state index contributed by atoms with van der Waals surface area (Å²) in [5.41, 5.74) is 6.57. The van der Waals surface area contributed by atoms with E-state index in [1.165, 1.54) is 5.56 Å².